The van der Waals surface area contributed by atoms with Crippen LogP contribution in [0.2, 0.25) is 0 Å². The van der Waals surface area contributed by atoms with Crippen LogP contribution >= 0.6 is 11.3 Å². The van der Waals surface area contributed by atoms with Crippen LogP contribution < -0.4 is 5.73 Å². The average molecular weight is 232 g/mol. The fraction of sp³-hybridized carbons (Fsp3) is 0.308. The first-order valence-corrected chi connectivity index (χ1v) is 6.15. The summed E-state index contributed by atoms with van der Waals surface area (Å²) in [5.41, 5.74) is 9.66. The van der Waals surface area contributed by atoms with E-state index in [9.17, 15) is 0 Å². The van der Waals surface area contributed by atoms with Gasteiger partial charge in [-0.2, -0.15) is 0 Å². The van der Waals surface area contributed by atoms with Gasteiger partial charge in [0.1, 0.15) is 5.01 Å². The Labute approximate surface area is 100 Å². The van der Waals surface area contributed by atoms with Crippen molar-refractivity contribution >= 4 is 11.3 Å². The average Bonchev–Trinajstić information content (AvgIpc) is 2.59. The van der Waals surface area contributed by atoms with Gasteiger partial charge >= 0.3 is 0 Å². The van der Waals surface area contributed by atoms with Crippen molar-refractivity contribution in [3.63, 3.8) is 0 Å². The molecular formula is C13H16N2S. The van der Waals surface area contributed by atoms with E-state index < -0.39 is 0 Å². The second-order valence-electron chi connectivity index (χ2n) is 4.08. The van der Waals surface area contributed by atoms with Crippen molar-refractivity contribution in [1.82, 2.24) is 4.98 Å². The van der Waals surface area contributed by atoms with Gasteiger partial charge in [0.05, 0.1) is 11.7 Å². The number of aromatic nitrogens is 1. The van der Waals surface area contributed by atoms with Crippen molar-refractivity contribution in [1.29, 1.82) is 0 Å². The van der Waals surface area contributed by atoms with E-state index in [1.165, 1.54) is 10.4 Å². The molecule has 0 amide bonds. The lowest BCUT2D eigenvalue weighted by Crippen LogP contribution is -2.11. The van der Waals surface area contributed by atoms with Crippen molar-refractivity contribution in [2.75, 3.05) is 0 Å². The number of rotatable bonds is 2. The van der Waals surface area contributed by atoms with Crippen LogP contribution in [0.5, 0.6) is 0 Å². The number of aryl methyl sites for hydroxylation is 3. The van der Waals surface area contributed by atoms with Crippen molar-refractivity contribution in [3.05, 3.63) is 51.0 Å². The molecule has 1 aromatic carbocycles. The zero-order valence-corrected chi connectivity index (χ0v) is 10.6. The van der Waals surface area contributed by atoms with Crippen LogP contribution in [0.1, 0.15) is 32.7 Å². The quantitative estimate of drug-likeness (QED) is 0.864. The molecular weight excluding hydrogens is 216 g/mol. The molecule has 2 rings (SSSR count). The summed E-state index contributed by atoms with van der Waals surface area (Å²) < 4.78 is 0. The molecule has 1 aromatic heterocycles. The highest BCUT2D eigenvalue weighted by Gasteiger charge is 2.13. The van der Waals surface area contributed by atoms with Gasteiger partial charge in [-0.05, 0) is 26.3 Å². The Hall–Kier alpha value is -1.19. The molecule has 2 N–H and O–H groups in total. The molecule has 1 atom stereocenters. The van der Waals surface area contributed by atoms with Gasteiger partial charge in [-0.15, -0.1) is 11.3 Å². The summed E-state index contributed by atoms with van der Waals surface area (Å²) in [7, 11) is 0. The minimum atomic E-state index is -0.0991. The van der Waals surface area contributed by atoms with Crippen LogP contribution in [-0.4, -0.2) is 4.98 Å². The minimum absolute atomic E-state index is 0.0991. The molecule has 0 saturated heterocycles. The number of nitrogens with zero attached hydrogens (tertiary/aromatic N) is 1. The maximum atomic E-state index is 6.20. The van der Waals surface area contributed by atoms with Crippen molar-refractivity contribution in [2.45, 2.75) is 26.8 Å². The highest BCUT2D eigenvalue weighted by Crippen LogP contribution is 2.26. The normalized spacial score (nSPS) is 12.8. The number of nitrogens with two attached hydrogens (primary N) is 1. The van der Waals surface area contributed by atoms with E-state index >= 15 is 0 Å². The first-order valence-electron chi connectivity index (χ1n) is 5.34. The predicted octanol–water partition coefficient (Wildman–Crippen LogP) is 3.12. The van der Waals surface area contributed by atoms with Crippen molar-refractivity contribution < 1.29 is 0 Å². The van der Waals surface area contributed by atoms with Crippen molar-refractivity contribution in [2.24, 2.45) is 5.73 Å². The Kier molecular flexibility index (Phi) is 3.08. The summed E-state index contributed by atoms with van der Waals surface area (Å²) in [6, 6.07) is 8.22. The third kappa shape index (κ3) is 2.15. The molecule has 0 bridgehead atoms. The van der Waals surface area contributed by atoms with E-state index in [2.05, 4.69) is 43.1 Å². The summed E-state index contributed by atoms with van der Waals surface area (Å²) in [6.45, 7) is 6.18. The zero-order valence-electron chi connectivity index (χ0n) is 9.82. The molecule has 2 nitrogen and oxygen atoms in total. The van der Waals surface area contributed by atoms with E-state index in [0.29, 0.717) is 0 Å². The Bertz CT molecular complexity index is 466. The molecule has 1 heterocycles. The molecule has 0 saturated carbocycles. The SMILES string of the molecule is Cc1ccc(C(N)c2nc(C)c(C)s2)cc1. The Balaban J connectivity index is 2.31. The second kappa shape index (κ2) is 4.36. The topological polar surface area (TPSA) is 38.9 Å². The molecule has 0 aliphatic rings. The molecule has 84 valence electrons. The first kappa shape index (κ1) is 11.3. The fourth-order valence-corrected chi connectivity index (χ4v) is 2.50. The summed E-state index contributed by atoms with van der Waals surface area (Å²) in [4.78, 5) is 5.75. The zero-order chi connectivity index (χ0) is 11.7. The van der Waals surface area contributed by atoms with Gasteiger partial charge in [0.2, 0.25) is 0 Å². The lowest BCUT2D eigenvalue weighted by atomic mass is 10.1. The summed E-state index contributed by atoms with van der Waals surface area (Å²) in [5, 5.41) is 0.999. The van der Waals surface area contributed by atoms with Crippen molar-refractivity contribution in [3.8, 4) is 0 Å². The van der Waals surface area contributed by atoms with Gasteiger partial charge in [0.25, 0.3) is 0 Å². The molecule has 1 unspecified atom stereocenters. The molecule has 3 heteroatoms. The third-order valence-corrected chi connectivity index (χ3v) is 3.90. The molecule has 0 aliphatic heterocycles. The Morgan fingerprint density at radius 1 is 1.12 bits per heavy atom. The van der Waals surface area contributed by atoms with Gasteiger partial charge < -0.3 is 5.73 Å². The van der Waals surface area contributed by atoms with Gasteiger partial charge in [-0.3, -0.25) is 0 Å². The highest BCUT2D eigenvalue weighted by molar-refractivity contribution is 7.11. The van der Waals surface area contributed by atoms with Crippen LogP contribution in [0, 0.1) is 20.8 Å². The number of benzene rings is 1. The monoisotopic (exact) mass is 232 g/mol. The summed E-state index contributed by atoms with van der Waals surface area (Å²) in [5.74, 6) is 0. The van der Waals surface area contributed by atoms with E-state index in [1.54, 1.807) is 11.3 Å². The van der Waals surface area contributed by atoms with E-state index in [0.717, 1.165) is 16.3 Å². The molecule has 0 fully saturated rings. The first-order chi connectivity index (χ1) is 7.58. The number of hydrogen-bond acceptors (Lipinski definition) is 3. The molecule has 0 spiro atoms. The van der Waals surface area contributed by atoms with E-state index in [4.69, 9.17) is 5.73 Å². The van der Waals surface area contributed by atoms with E-state index in [1.807, 2.05) is 6.92 Å². The van der Waals surface area contributed by atoms with Gasteiger partial charge in [-0.25, -0.2) is 4.98 Å². The van der Waals surface area contributed by atoms with Crippen LogP contribution in [-0.2, 0) is 0 Å². The lowest BCUT2D eigenvalue weighted by Gasteiger charge is -2.08. The van der Waals surface area contributed by atoms with Crippen LogP contribution in [0.4, 0.5) is 0 Å². The maximum absolute atomic E-state index is 6.20. The molecule has 16 heavy (non-hydrogen) atoms. The fourth-order valence-electron chi connectivity index (χ4n) is 1.55. The largest absolute Gasteiger partial charge is 0.318 e. The van der Waals surface area contributed by atoms with Gasteiger partial charge in [-0.1, -0.05) is 29.8 Å². The van der Waals surface area contributed by atoms with Crippen LogP contribution in [0.15, 0.2) is 24.3 Å². The van der Waals surface area contributed by atoms with Crippen LogP contribution in [0.25, 0.3) is 0 Å². The second-order valence-corrected chi connectivity index (χ2v) is 5.32. The molecule has 2 aromatic rings. The Morgan fingerprint density at radius 3 is 2.25 bits per heavy atom. The molecule has 0 aliphatic carbocycles. The van der Waals surface area contributed by atoms with E-state index in [-0.39, 0.29) is 6.04 Å². The number of hydrogen-bond donors (Lipinski definition) is 1. The van der Waals surface area contributed by atoms with Crippen LogP contribution in [0.3, 0.4) is 0 Å². The lowest BCUT2D eigenvalue weighted by molar-refractivity contribution is 0.851. The highest BCUT2D eigenvalue weighted by atomic mass is 32.1. The van der Waals surface area contributed by atoms with Gasteiger partial charge in [0.15, 0.2) is 0 Å². The summed E-state index contributed by atoms with van der Waals surface area (Å²) in [6.07, 6.45) is 0. The predicted molar refractivity (Wildman–Crippen MR) is 68.8 cm³/mol. The van der Waals surface area contributed by atoms with Gasteiger partial charge in [0, 0.05) is 4.88 Å². The molecule has 0 radical (unpaired) electrons. The summed E-state index contributed by atoms with van der Waals surface area (Å²) >= 11 is 1.69. The standard InChI is InChI=1S/C13H16N2S/c1-8-4-6-11(7-5-8)12(14)13-15-9(2)10(3)16-13/h4-7,12H,14H2,1-3H3. The smallest absolute Gasteiger partial charge is 0.114 e. The number of thiazole rings is 1. The third-order valence-electron chi connectivity index (χ3n) is 2.75. The Morgan fingerprint density at radius 2 is 1.75 bits per heavy atom. The minimum Gasteiger partial charge on any atom is -0.318 e. The maximum Gasteiger partial charge on any atom is 0.114 e.